The lowest BCUT2D eigenvalue weighted by Crippen LogP contribution is -2.17. The van der Waals surface area contributed by atoms with Gasteiger partial charge in [-0.2, -0.15) is 0 Å². The fourth-order valence-corrected chi connectivity index (χ4v) is 2.05. The van der Waals surface area contributed by atoms with E-state index in [-0.39, 0.29) is 11.7 Å². The standard InChI is InChI=1S/C17H23FO/c1-4-6-7-15(5-2)17(19)11-9-14-8-10-16(18)13(3)12-14/h8,10,12,15,17,19H,4-7H2,1-3H3. The van der Waals surface area contributed by atoms with Crippen LogP contribution in [0.25, 0.3) is 0 Å². The lowest BCUT2D eigenvalue weighted by atomic mass is 9.93. The Kier molecular flexibility index (Phi) is 6.59. The van der Waals surface area contributed by atoms with Crippen LogP contribution in [0.15, 0.2) is 18.2 Å². The summed E-state index contributed by atoms with van der Waals surface area (Å²) < 4.78 is 13.1. The van der Waals surface area contributed by atoms with Crippen molar-refractivity contribution in [3.8, 4) is 11.8 Å². The lowest BCUT2D eigenvalue weighted by Gasteiger charge is -2.16. The van der Waals surface area contributed by atoms with Crippen molar-refractivity contribution in [2.75, 3.05) is 0 Å². The van der Waals surface area contributed by atoms with Gasteiger partial charge in [-0.3, -0.25) is 0 Å². The van der Waals surface area contributed by atoms with Gasteiger partial charge in [0.2, 0.25) is 0 Å². The molecule has 0 radical (unpaired) electrons. The number of hydrogen-bond donors (Lipinski definition) is 1. The molecular formula is C17H23FO. The van der Waals surface area contributed by atoms with Gasteiger partial charge in [0.1, 0.15) is 11.9 Å². The van der Waals surface area contributed by atoms with E-state index in [1.54, 1.807) is 19.1 Å². The Labute approximate surface area is 115 Å². The van der Waals surface area contributed by atoms with E-state index in [0.717, 1.165) is 31.2 Å². The van der Waals surface area contributed by atoms with E-state index in [1.165, 1.54) is 6.07 Å². The molecular weight excluding hydrogens is 239 g/mol. The van der Waals surface area contributed by atoms with Crippen LogP contribution >= 0.6 is 0 Å². The zero-order valence-electron chi connectivity index (χ0n) is 12.0. The van der Waals surface area contributed by atoms with Crippen LogP contribution < -0.4 is 0 Å². The molecule has 0 aliphatic heterocycles. The fourth-order valence-electron chi connectivity index (χ4n) is 2.05. The first-order valence-corrected chi connectivity index (χ1v) is 7.04. The summed E-state index contributed by atoms with van der Waals surface area (Å²) in [6.45, 7) is 5.94. The van der Waals surface area contributed by atoms with Crippen molar-refractivity contribution in [1.82, 2.24) is 0 Å². The predicted octanol–water partition coefficient (Wildman–Crippen LogP) is 4.06. The molecule has 104 valence electrons. The molecule has 0 amide bonds. The van der Waals surface area contributed by atoms with E-state index in [9.17, 15) is 9.50 Å². The van der Waals surface area contributed by atoms with Gasteiger partial charge < -0.3 is 5.11 Å². The van der Waals surface area contributed by atoms with E-state index in [0.29, 0.717) is 5.56 Å². The Balaban J connectivity index is 2.71. The lowest BCUT2D eigenvalue weighted by molar-refractivity contribution is 0.150. The molecule has 19 heavy (non-hydrogen) atoms. The van der Waals surface area contributed by atoms with Gasteiger partial charge in [0.25, 0.3) is 0 Å². The van der Waals surface area contributed by atoms with Crippen molar-refractivity contribution < 1.29 is 9.50 Å². The SMILES string of the molecule is CCCCC(CC)C(O)C#Cc1ccc(F)c(C)c1. The predicted molar refractivity (Wildman–Crippen MR) is 77.3 cm³/mol. The Hall–Kier alpha value is -1.33. The maximum atomic E-state index is 13.1. The van der Waals surface area contributed by atoms with Crippen molar-refractivity contribution in [1.29, 1.82) is 0 Å². The van der Waals surface area contributed by atoms with E-state index in [1.807, 2.05) is 0 Å². The molecule has 0 saturated carbocycles. The van der Waals surface area contributed by atoms with Crippen LogP contribution in [-0.2, 0) is 0 Å². The van der Waals surface area contributed by atoms with Gasteiger partial charge in [0, 0.05) is 5.56 Å². The van der Waals surface area contributed by atoms with Gasteiger partial charge in [-0.05, 0) is 49.4 Å². The Bertz CT molecular complexity index is 456. The Morgan fingerprint density at radius 3 is 2.63 bits per heavy atom. The Morgan fingerprint density at radius 1 is 1.32 bits per heavy atom. The van der Waals surface area contributed by atoms with Crippen LogP contribution in [0.2, 0.25) is 0 Å². The molecule has 1 aromatic rings. The third kappa shape index (κ3) is 5.04. The van der Waals surface area contributed by atoms with Crippen molar-refractivity contribution in [2.45, 2.75) is 52.6 Å². The third-order valence-corrected chi connectivity index (χ3v) is 3.42. The van der Waals surface area contributed by atoms with Crippen molar-refractivity contribution >= 4 is 0 Å². The zero-order chi connectivity index (χ0) is 14.3. The number of aliphatic hydroxyl groups is 1. The molecule has 0 bridgehead atoms. The molecule has 0 aliphatic carbocycles. The van der Waals surface area contributed by atoms with E-state index in [2.05, 4.69) is 25.7 Å². The highest BCUT2D eigenvalue weighted by molar-refractivity contribution is 5.38. The van der Waals surface area contributed by atoms with Crippen LogP contribution in [0.3, 0.4) is 0 Å². The first kappa shape index (κ1) is 15.7. The molecule has 0 fully saturated rings. The fraction of sp³-hybridized carbons (Fsp3) is 0.529. The monoisotopic (exact) mass is 262 g/mol. The number of aryl methyl sites for hydroxylation is 1. The van der Waals surface area contributed by atoms with Crippen molar-refractivity contribution in [2.24, 2.45) is 5.92 Å². The number of unbranched alkanes of at least 4 members (excludes halogenated alkanes) is 1. The van der Waals surface area contributed by atoms with Gasteiger partial charge in [-0.25, -0.2) is 4.39 Å². The van der Waals surface area contributed by atoms with Gasteiger partial charge in [-0.1, -0.05) is 38.5 Å². The van der Waals surface area contributed by atoms with Crippen LogP contribution in [0.1, 0.15) is 50.7 Å². The molecule has 0 aliphatic rings. The molecule has 1 aromatic carbocycles. The van der Waals surface area contributed by atoms with Crippen LogP contribution in [0, 0.1) is 30.5 Å². The van der Waals surface area contributed by atoms with E-state index >= 15 is 0 Å². The second-order valence-corrected chi connectivity index (χ2v) is 4.99. The van der Waals surface area contributed by atoms with Crippen LogP contribution in [0.5, 0.6) is 0 Å². The summed E-state index contributed by atoms with van der Waals surface area (Å²) in [5.41, 5.74) is 1.34. The molecule has 0 saturated heterocycles. The second-order valence-electron chi connectivity index (χ2n) is 4.99. The summed E-state index contributed by atoms with van der Waals surface area (Å²) in [5, 5.41) is 10.1. The quantitative estimate of drug-likeness (QED) is 0.793. The minimum Gasteiger partial charge on any atom is -0.380 e. The molecule has 2 heteroatoms. The number of rotatable bonds is 5. The number of halogens is 1. The molecule has 1 nitrogen and oxygen atoms in total. The first-order chi connectivity index (χ1) is 9.08. The summed E-state index contributed by atoms with van der Waals surface area (Å²) in [6.07, 6.45) is 3.59. The van der Waals surface area contributed by atoms with Crippen LogP contribution in [0.4, 0.5) is 4.39 Å². The molecule has 2 unspecified atom stereocenters. The van der Waals surface area contributed by atoms with E-state index < -0.39 is 6.10 Å². The van der Waals surface area contributed by atoms with Gasteiger partial charge in [0.05, 0.1) is 0 Å². The van der Waals surface area contributed by atoms with Gasteiger partial charge in [-0.15, -0.1) is 0 Å². The zero-order valence-corrected chi connectivity index (χ0v) is 12.0. The van der Waals surface area contributed by atoms with Gasteiger partial charge in [0.15, 0.2) is 0 Å². The maximum Gasteiger partial charge on any atom is 0.126 e. The number of hydrogen-bond acceptors (Lipinski definition) is 1. The van der Waals surface area contributed by atoms with E-state index in [4.69, 9.17) is 0 Å². The smallest absolute Gasteiger partial charge is 0.126 e. The van der Waals surface area contributed by atoms with Crippen molar-refractivity contribution in [3.05, 3.63) is 35.1 Å². The summed E-state index contributed by atoms with van der Waals surface area (Å²) in [6, 6.07) is 4.78. The maximum absolute atomic E-state index is 13.1. The average Bonchev–Trinajstić information content (AvgIpc) is 2.41. The summed E-state index contributed by atoms with van der Waals surface area (Å²) in [4.78, 5) is 0. The largest absolute Gasteiger partial charge is 0.380 e. The summed E-state index contributed by atoms with van der Waals surface area (Å²) in [5.74, 6) is 5.83. The van der Waals surface area contributed by atoms with Gasteiger partial charge >= 0.3 is 0 Å². The average molecular weight is 262 g/mol. The first-order valence-electron chi connectivity index (χ1n) is 7.04. The molecule has 0 heterocycles. The molecule has 1 N–H and O–H groups in total. The molecule has 0 aromatic heterocycles. The molecule has 0 spiro atoms. The highest BCUT2D eigenvalue weighted by atomic mass is 19.1. The third-order valence-electron chi connectivity index (χ3n) is 3.42. The minimum atomic E-state index is -0.595. The second kappa shape index (κ2) is 7.96. The van der Waals surface area contributed by atoms with Crippen LogP contribution in [-0.4, -0.2) is 11.2 Å². The normalized spacial score (nSPS) is 13.5. The summed E-state index contributed by atoms with van der Waals surface area (Å²) >= 11 is 0. The minimum absolute atomic E-state index is 0.222. The molecule has 1 rings (SSSR count). The number of aliphatic hydroxyl groups excluding tert-OH is 1. The topological polar surface area (TPSA) is 20.2 Å². The van der Waals surface area contributed by atoms with Crippen molar-refractivity contribution in [3.63, 3.8) is 0 Å². The summed E-state index contributed by atoms with van der Waals surface area (Å²) in [7, 11) is 0. The Morgan fingerprint density at radius 2 is 2.05 bits per heavy atom. The number of benzene rings is 1. The molecule has 2 atom stereocenters. The highest BCUT2D eigenvalue weighted by Crippen LogP contribution is 2.16. The highest BCUT2D eigenvalue weighted by Gasteiger charge is 2.14.